The second-order valence-electron chi connectivity index (χ2n) is 7.53. The summed E-state index contributed by atoms with van der Waals surface area (Å²) in [4.78, 5) is 27.5. The first-order valence-electron chi connectivity index (χ1n) is 9.00. The number of nitrogens with zero attached hydrogens (tertiary/aromatic N) is 1. The topological polar surface area (TPSA) is 49.4 Å². The normalized spacial score (nSPS) is 15.4. The van der Waals surface area contributed by atoms with Gasteiger partial charge in [-0.3, -0.25) is 9.59 Å². The van der Waals surface area contributed by atoms with E-state index < -0.39 is 5.41 Å². The van der Waals surface area contributed by atoms with E-state index in [4.69, 9.17) is 0 Å². The van der Waals surface area contributed by atoms with Crippen molar-refractivity contribution in [2.75, 3.05) is 6.54 Å². The van der Waals surface area contributed by atoms with E-state index >= 15 is 0 Å². The highest BCUT2D eigenvalue weighted by Gasteiger charge is 2.58. The van der Waals surface area contributed by atoms with Gasteiger partial charge in [0.25, 0.3) is 0 Å². The summed E-state index contributed by atoms with van der Waals surface area (Å²) < 4.78 is 0. The van der Waals surface area contributed by atoms with Crippen molar-refractivity contribution in [1.29, 1.82) is 0 Å². The molecular formula is C20H30N2O2. The number of benzene rings is 1. The van der Waals surface area contributed by atoms with Gasteiger partial charge in [-0.2, -0.15) is 0 Å². The van der Waals surface area contributed by atoms with Crippen LogP contribution in [0.1, 0.15) is 52.5 Å². The van der Waals surface area contributed by atoms with Crippen molar-refractivity contribution >= 4 is 11.8 Å². The molecule has 4 nitrogen and oxygen atoms in total. The van der Waals surface area contributed by atoms with Crippen LogP contribution in [0.25, 0.3) is 0 Å². The number of amides is 2. The molecule has 0 aromatic heterocycles. The molecule has 0 aliphatic heterocycles. The monoisotopic (exact) mass is 330 g/mol. The largest absolute Gasteiger partial charge is 0.355 e. The van der Waals surface area contributed by atoms with Gasteiger partial charge in [-0.25, -0.2) is 0 Å². The summed E-state index contributed by atoms with van der Waals surface area (Å²) in [6.07, 6.45) is 2.27. The molecule has 1 aliphatic rings. The van der Waals surface area contributed by atoms with Crippen LogP contribution < -0.4 is 5.32 Å². The lowest BCUT2D eigenvalue weighted by molar-refractivity contribution is -0.146. The van der Waals surface area contributed by atoms with Crippen LogP contribution >= 0.6 is 0 Å². The lowest BCUT2D eigenvalue weighted by atomic mass is 10.0. The van der Waals surface area contributed by atoms with Crippen molar-refractivity contribution in [3.05, 3.63) is 35.9 Å². The third-order valence-corrected chi connectivity index (χ3v) is 4.68. The molecule has 0 heterocycles. The Morgan fingerprint density at radius 3 is 2.25 bits per heavy atom. The number of carbonyl (C=O) groups excluding carboxylic acids is 2. The first kappa shape index (κ1) is 18.5. The summed E-state index contributed by atoms with van der Waals surface area (Å²) in [5.74, 6) is 0.427. The summed E-state index contributed by atoms with van der Waals surface area (Å²) in [7, 11) is 0. The Labute approximate surface area is 145 Å². The molecule has 1 aromatic carbocycles. The zero-order valence-electron chi connectivity index (χ0n) is 15.3. The van der Waals surface area contributed by atoms with Gasteiger partial charge in [0.05, 0.1) is 0 Å². The predicted molar refractivity (Wildman–Crippen MR) is 96.3 cm³/mol. The van der Waals surface area contributed by atoms with E-state index in [0.29, 0.717) is 31.8 Å². The third-order valence-electron chi connectivity index (χ3n) is 4.68. The van der Waals surface area contributed by atoms with Gasteiger partial charge in [0.15, 0.2) is 0 Å². The molecule has 0 saturated heterocycles. The van der Waals surface area contributed by atoms with Crippen LogP contribution in [-0.2, 0) is 16.1 Å². The Bertz CT molecular complexity index is 562. The van der Waals surface area contributed by atoms with Crippen molar-refractivity contribution < 1.29 is 9.59 Å². The highest BCUT2D eigenvalue weighted by atomic mass is 16.2. The van der Waals surface area contributed by atoms with E-state index in [2.05, 4.69) is 19.2 Å². The van der Waals surface area contributed by atoms with E-state index in [1.165, 1.54) is 0 Å². The number of hydrogen-bond acceptors (Lipinski definition) is 2. The van der Waals surface area contributed by atoms with Gasteiger partial charge in [0.1, 0.15) is 5.41 Å². The summed E-state index contributed by atoms with van der Waals surface area (Å²) in [6, 6.07) is 10.0. The summed E-state index contributed by atoms with van der Waals surface area (Å²) in [6.45, 7) is 9.47. The average molecular weight is 330 g/mol. The number of nitrogens with one attached hydrogen (secondary N) is 1. The van der Waals surface area contributed by atoms with Gasteiger partial charge in [-0.05, 0) is 44.6 Å². The van der Waals surface area contributed by atoms with Gasteiger partial charge in [-0.1, -0.05) is 44.2 Å². The molecule has 0 bridgehead atoms. The molecule has 1 aromatic rings. The van der Waals surface area contributed by atoms with Crippen molar-refractivity contribution in [2.45, 2.75) is 59.5 Å². The van der Waals surface area contributed by atoms with E-state index in [1.807, 2.05) is 49.1 Å². The van der Waals surface area contributed by atoms with Crippen LogP contribution in [0, 0.1) is 11.3 Å². The van der Waals surface area contributed by atoms with E-state index in [9.17, 15) is 9.59 Å². The highest BCUT2D eigenvalue weighted by molar-refractivity contribution is 6.07. The Morgan fingerprint density at radius 1 is 1.12 bits per heavy atom. The van der Waals surface area contributed by atoms with Gasteiger partial charge in [0, 0.05) is 19.1 Å². The lowest BCUT2D eigenvalue weighted by Crippen LogP contribution is -2.47. The summed E-state index contributed by atoms with van der Waals surface area (Å²) in [5.41, 5.74) is 0.270. The van der Waals surface area contributed by atoms with E-state index in [0.717, 1.165) is 12.0 Å². The summed E-state index contributed by atoms with van der Waals surface area (Å²) in [5, 5.41) is 2.97. The van der Waals surface area contributed by atoms with Crippen molar-refractivity contribution in [1.82, 2.24) is 10.2 Å². The van der Waals surface area contributed by atoms with Crippen molar-refractivity contribution in [3.63, 3.8) is 0 Å². The van der Waals surface area contributed by atoms with Crippen molar-refractivity contribution in [3.8, 4) is 0 Å². The van der Waals surface area contributed by atoms with Gasteiger partial charge in [0.2, 0.25) is 11.8 Å². The van der Waals surface area contributed by atoms with Gasteiger partial charge >= 0.3 is 0 Å². The Morgan fingerprint density at radius 2 is 1.75 bits per heavy atom. The van der Waals surface area contributed by atoms with Gasteiger partial charge in [-0.15, -0.1) is 0 Å². The quantitative estimate of drug-likeness (QED) is 0.743. The van der Waals surface area contributed by atoms with Crippen LogP contribution in [-0.4, -0.2) is 29.3 Å². The molecular weight excluding hydrogens is 300 g/mol. The second-order valence-corrected chi connectivity index (χ2v) is 7.53. The standard InChI is InChI=1S/C20H30N2O2/c1-15(2)10-13-21-18(23)20(11-12-20)19(24)22(16(3)4)14-17-8-6-5-7-9-17/h5-9,15-16H,10-14H2,1-4H3,(H,21,23). The minimum Gasteiger partial charge on any atom is -0.355 e. The average Bonchev–Trinajstić information content (AvgIpc) is 3.34. The third kappa shape index (κ3) is 4.37. The molecule has 0 unspecified atom stereocenters. The zero-order chi connectivity index (χ0) is 17.7. The Balaban J connectivity index is 2.04. The molecule has 1 N–H and O–H groups in total. The Kier molecular flexibility index (Phi) is 6.03. The Hall–Kier alpha value is -1.84. The molecule has 2 rings (SSSR count). The maximum atomic E-state index is 13.1. The summed E-state index contributed by atoms with van der Waals surface area (Å²) >= 11 is 0. The fourth-order valence-electron chi connectivity index (χ4n) is 2.85. The minimum atomic E-state index is -0.823. The first-order chi connectivity index (χ1) is 11.4. The molecule has 0 spiro atoms. The fraction of sp³-hybridized carbons (Fsp3) is 0.600. The molecule has 1 saturated carbocycles. The molecule has 24 heavy (non-hydrogen) atoms. The van der Waals surface area contributed by atoms with Crippen LogP contribution in [0.2, 0.25) is 0 Å². The molecule has 1 aliphatic carbocycles. The highest BCUT2D eigenvalue weighted by Crippen LogP contribution is 2.48. The molecule has 4 heteroatoms. The smallest absolute Gasteiger partial charge is 0.238 e. The molecule has 0 atom stereocenters. The number of carbonyl (C=O) groups is 2. The van der Waals surface area contributed by atoms with Crippen molar-refractivity contribution in [2.24, 2.45) is 11.3 Å². The maximum Gasteiger partial charge on any atom is 0.238 e. The van der Waals surface area contributed by atoms with Crippen LogP contribution in [0.3, 0.4) is 0 Å². The van der Waals surface area contributed by atoms with E-state index in [-0.39, 0.29) is 17.9 Å². The molecule has 0 radical (unpaired) electrons. The SMILES string of the molecule is CC(C)CCNC(=O)C1(C(=O)N(Cc2ccccc2)C(C)C)CC1. The second kappa shape index (κ2) is 7.82. The molecule has 132 valence electrons. The minimum absolute atomic E-state index is 0.0246. The molecule has 2 amide bonds. The lowest BCUT2D eigenvalue weighted by Gasteiger charge is -2.30. The van der Waals surface area contributed by atoms with Gasteiger partial charge < -0.3 is 10.2 Å². The fourth-order valence-corrected chi connectivity index (χ4v) is 2.85. The predicted octanol–water partition coefficient (Wildman–Crippen LogP) is 3.37. The zero-order valence-corrected chi connectivity index (χ0v) is 15.3. The maximum absolute atomic E-state index is 13.1. The number of rotatable bonds is 8. The van der Waals surface area contributed by atoms with E-state index in [1.54, 1.807) is 0 Å². The number of hydrogen-bond donors (Lipinski definition) is 1. The van der Waals surface area contributed by atoms with Crippen LogP contribution in [0.15, 0.2) is 30.3 Å². The molecule has 1 fully saturated rings. The van der Waals surface area contributed by atoms with Crippen LogP contribution in [0.5, 0.6) is 0 Å². The van der Waals surface area contributed by atoms with Crippen LogP contribution in [0.4, 0.5) is 0 Å². The first-order valence-corrected chi connectivity index (χ1v) is 9.00.